The smallest absolute Gasteiger partial charge is 0.287 e. The van der Waals surface area contributed by atoms with Gasteiger partial charge in [-0.1, -0.05) is 12.1 Å². The number of anilines is 2. The number of hydrogen-bond acceptors (Lipinski definition) is 5. The van der Waals surface area contributed by atoms with Crippen LogP contribution in [0.2, 0.25) is 0 Å². The molecule has 2 aromatic carbocycles. The Labute approximate surface area is 204 Å². The molecule has 35 heavy (non-hydrogen) atoms. The van der Waals surface area contributed by atoms with Crippen molar-refractivity contribution in [2.75, 3.05) is 49.6 Å². The number of imidazole rings is 1. The van der Waals surface area contributed by atoms with Crippen molar-refractivity contribution in [1.29, 1.82) is 0 Å². The minimum atomic E-state index is -0.280. The zero-order valence-corrected chi connectivity index (χ0v) is 19.9. The average molecular weight is 475 g/mol. The van der Waals surface area contributed by atoms with Crippen molar-refractivity contribution in [3.8, 4) is 0 Å². The summed E-state index contributed by atoms with van der Waals surface area (Å²) in [5, 5.41) is 2.90. The van der Waals surface area contributed by atoms with E-state index >= 15 is 0 Å². The van der Waals surface area contributed by atoms with Crippen LogP contribution in [-0.4, -0.2) is 72.4 Å². The Morgan fingerprint density at radius 1 is 1.11 bits per heavy atom. The van der Waals surface area contributed by atoms with Crippen molar-refractivity contribution < 1.29 is 14.4 Å². The Kier molecular flexibility index (Phi) is 6.50. The summed E-state index contributed by atoms with van der Waals surface area (Å²) in [7, 11) is 1.79. The molecule has 2 aliphatic heterocycles. The van der Waals surface area contributed by atoms with Gasteiger partial charge >= 0.3 is 0 Å². The molecule has 2 N–H and O–H groups in total. The number of nitrogens with one attached hydrogen (secondary N) is 2. The molecule has 2 aliphatic rings. The molecule has 0 radical (unpaired) electrons. The van der Waals surface area contributed by atoms with Crippen molar-refractivity contribution >= 4 is 40.1 Å². The molecule has 9 nitrogen and oxygen atoms in total. The number of rotatable bonds is 7. The fourth-order valence-corrected chi connectivity index (χ4v) is 4.79. The van der Waals surface area contributed by atoms with Gasteiger partial charge in [0, 0.05) is 43.9 Å². The van der Waals surface area contributed by atoms with Gasteiger partial charge in [0.2, 0.25) is 11.8 Å². The average Bonchev–Trinajstić information content (AvgIpc) is 3.62. The van der Waals surface area contributed by atoms with Gasteiger partial charge in [0.15, 0.2) is 5.82 Å². The zero-order valence-electron chi connectivity index (χ0n) is 19.9. The van der Waals surface area contributed by atoms with Gasteiger partial charge < -0.3 is 20.1 Å². The molecule has 1 aromatic heterocycles. The molecule has 1 atom stereocenters. The number of aromatic nitrogens is 2. The van der Waals surface area contributed by atoms with E-state index in [1.807, 2.05) is 48.5 Å². The lowest BCUT2D eigenvalue weighted by molar-refractivity contribution is -0.119. The number of likely N-dealkylation sites (tertiary alicyclic amines) is 1. The molecule has 182 valence electrons. The molecule has 0 spiro atoms. The lowest BCUT2D eigenvalue weighted by Gasteiger charge is -2.22. The minimum absolute atomic E-state index is 0.0141. The molecule has 2 saturated heterocycles. The second kappa shape index (κ2) is 9.87. The zero-order chi connectivity index (χ0) is 24.4. The predicted octanol–water partition coefficient (Wildman–Crippen LogP) is 2.40. The first-order valence-electron chi connectivity index (χ1n) is 12.1. The number of likely N-dealkylation sites (N-methyl/N-ethyl adjacent to an activating group) is 1. The van der Waals surface area contributed by atoms with E-state index in [0.717, 1.165) is 48.3 Å². The Hall–Kier alpha value is -3.72. The summed E-state index contributed by atoms with van der Waals surface area (Å²) in [6, 6.07) is 15.0. The maximum absolute atomic E-state index is 12.7. The van der Waals surface area contributed by atoms with Gasteiger partial charge in [-0.05, 0) is 62.3 Å². The van der Waals surface area contributed by atoms with E-state index in [-0.39, 0.29) is 29.5 Å². The molecule has 5 rings (SSSR count). The highest BCUT2D eigenvalue weighted by atomic mass is 16.2. The Bertz CT molecular complexity index is 1200. The van der Waals surface area contributed by atoms with Gasteiger partial charge in [-0.3, -0.25) is 19.3 Å². The van der Waals surface area contributed by atoms with Crippen molar-refractivity contribution in [2.45, 2.75) is 19.3 Å². The molecule has 9 heteroatoms. The number of aromatic amines is 1. The number of carbonyl (C=O) groups excluding carboxylic acids is 3. The van der Waals surface area contributed by atoms with Crippen LogP contribution in [0.1, 0.15) is 29.9 Å². The van der Waals surface area contributed by atoms with Crippen LogP contribution in [-0.2, 0) is 9.59 Å². The maximum atomic E-state index is 12.7. The highest BCUT2D eigenvalue weighted by molar-refractivity contribution is 5.98. The first-order chi connectivity index (χ1) is 17.0. The van der Waals surface area contributed by atoms with Gasteiger partial charge in [0.05, 0.1) is 17.6 Å². The molecule has 1 unspecified atom stereocenters. The van der Waals surface area contributed by atoms with E-state index in [4.69, 9.17) is 0 Å². The molecule has 0 saturated carbocycles. The fourth-order valence-electron chi connectivity index (χ4n) is 4.79. The van der Waals surface area contributed by atoms with E-state index in [0.29, 0.717) is 26.1 Å². The molecule has 3 amide bonds. The standard InChI is InChI=1S/C26H30N6O3/c1-30(24(34)17-31-12-4-5-13-31)19-8-10-20(11-9-19)32-16-18(14-23(32)33)15-27-26(35)25-28-21-6-2-3-7-22(21)29-25/h2-3,6-11,18H,4-5,12-17H2,1H3,(H,27,35)(H,28,29). The van der Waals surface area contributed by atoms with Gasteiger partial charge in [0.25, 0.3) is 5.91 Å². The van der Waals surface area contributed by atoms with Crippen molar-refractivity contribution in [1.82, 2.24) is 20.2 Å². The summed E-state index contributed by atoms with van der Waals surface area (Å²) in [4.78, 5) is 50.7. The fraction of sp³-hybridized carbons (Fsp3) is 0.385. The van der Waals surface area contributed by atoms with E-state index < -0.39 is 0 Å². The number of nitrogens with zero attached hydrogens (tertiary/aromatic N) is 4. The van der Waals surface area contributed by atoms with Crippen molar-refractivity contribution in [2.24, 2.45) is 5.92 Å². The number of amides is 3. The van der Waals surface area contributed by atoms with Crippen LogP contribution in [0.15, 0.2) is 48.5 Å². The number of carbonyl (C=O) groups is 3. The number of benzene rings is 2. The Morgan fingerprint density at radius 3 is 2.60 bits per heavy atom. The van der Waals surface area contributed by atoms with E-state index in [1.165, 1.54) is 0 Å². The summed E-state index contributed by atoms with van der Waals surface area (Å²) in [6.45, 7) is 3.32. The third-order valence-corrected chi connectivity index (χ3v) is 6.84. The predicted molar refractivity (Wildman–Crippen MR) is 134 cm³/mol. The summed E-state index contributed by atoms with van der Waals surface area (Å²) < 4.78 is 0. The maximum Gasteiger partial charge on any atom is 0.287 e. The quantitative estimate of drug-likeness (QED) is 0.548. The Morgan fingerprint density at radius 2 is 1.86 bits per heavy atom. The second-order valence-corrected chi connectivity index (χ2v) is 9.34. The third kappa shape index (κ3) is 5.05. The molecule has 3 aromatic rings. The molecular formula is C26H30N6O3. The second-order valence-electron chi connectivity index (χ2n) is 9.34. The number of hydrogen-bond donors (Lipinski definition) is 2. The SMILES string of the molecule is CN(C(=O)CN1CCCC1)c1ccc(N2CC(CNC(=O)c3nc4ccccc4[nH]3)CC2=O)cc1. The van der Waals surface area contributed by atoms with Crippen LogP contribution < -0.4 is 15.1 Å². The molecule has 0 aliphatic carbocycles. The topological polar surface area (TPSA) is 102 Å². The van der Waals surface area contributed by atoms with Crippen LogP contribution in [0.25, 0.3) is 11.0 Å². The lowest BCUT2D eigenvalue weighted by atomic mass is 10.1. The van der Waals surface area contributed by atoms with Gasteiger partial charge in [-0.15, -0.1) is 0 Å². The first kappa shape index (κ1) is 23.0. The highest BCUT2D eigenvalue weighted by Crippen LogP contribution is 2.27. The third-order valence-electron chi connectivity index (χ3n) is 6.84. The lowest BCUT2D eigenvalue weighted by Crippen LogP contribution is -2.37. The van der Waals surface area contributed by atoms with E-state index in [2.05, 4.69) is 20.2 Å². The largest absolute Gasteiger partial charge is 0.349 e. The summed E-state index contributed by atoms with van der Waals surface area (Å²) in [6.07, 6.45) is 2.68. The highest BCUT2D eigenvalue weighted by Gasteiger charge is 2.31. The van der Waals surface area contributed by atoms with Crippen molar-refractivity contribution in [3.63, 3.8) is 0 Å². The first-order valence-corrected chi connectivity index (χ1v) is 12.1. The minimum Gasteiger partial charge on any atom is -0.349 e. The molecule has 2 fully saturated rings. The summed E-state index contributed by atoms with van der Waals surface area (Å²) in [5.74, 6) is 0.0982. The summed E-state index contributed by atoms with van der Waals surface area (Å²) >= 11 is 0. The van der Waals surface area contributed by atoms with Crippen LogP contribution in [0.5, 0.6) is 0 Å². The van der Waals surface area contributed by atoms with E-state index in [9.17, 15) is 14.4 Å². The van der Waals surface area contributed by atoms with Crippen LogP contribution in [0.3, 0.4) is 0 Å². The Balaban J connectivity index is 1.15. The normalized spacial score (nSPS) is 18.4. The number of para-hydroxylation sites is 2. The van der Waals surface area contributed by atoms with E-state index in [1.54, 1.807) is 16.8 Å². The van der Waals surface area contributed by atoms with Gasteiger partial charge in [0.1, 0.15) is 0 Å². The number of H-pyrrole nitrogens is 1. The molecule has 3 heterocycles. The summed E-state index contributed by atoms with van der Waals surface area (Å²) in [5.41, 5.74) is 3.16. The van der Waals surface area contributed by atoms with Crippen LogP contribution in [0, 0.1) is 5.92 Å². The van der Waals surface area contributed by atoms with Crippen molar-refractivity contribution in [3.05, 3.63) is 54.4 Å². The number of fused-ring (bicyclic) bond motifs is 1. The van der Waals surface area contributed by atoms with Crippen LogP contribution in [0.4, 0.5) is 11.4 Å². The monoisotopic (exact) mass is 474 g/mol. The molecule has 0 bridgehead atoms. The molecular weight excluding hydrogens is 444 g/mol. The van der Waals surface area contributed by atoms with Gasteiger partial charge in [-0.25, -0.2) is 4.98 Å². The van der Waals surface area contributed by atoms with Gasteiger partial charge in [-0.2, -0.15) is 0 Å². The van der Waals surface area contributed by atoms with Crippen LogP contribution >= 0.6 is 0 Å².